The van der Waals surface area contributed by atoms with Crippen molar-refractivity contribution in [2.45, 2.75) is 96.5 Å². The van der Waals surface area contributed by atoms with Crippen LogP contribution in [0.25, 0.3) is 0 Å². The Kier molecular flexibility index (Phi) is 9.99. The third-order valence-corrected chi connectivity index (χ3v) is 7.16. The number of rotatable bonds is 12. The summed E-state index contributed by atoms with van der Waals surface area (Å²) in [4.78, 5) is 0. The van der Waals surface area contributed by atoms with Gasteiger partial charge in [-0.2, -0.15) is 8.78 Å². The van der Waals surface area contributed by atoms with Crippen LogP contribution in [0.1, 0.15) is 99.8 Å². The normalized spacial score (nSPS) is 18.9. The smallest absolute Gasteiger partial charge is 0.316 e. The summed E-state index contributed by atoms with van der Waals surface area (Å²) in [5, 5.41) is 0. The second kappa shape index (κ2) is 12.7. The first-order chi connectivity index (χ1) is 16.4. The van der Waals surface area contributed by atoms with Crippen molar-refractivity contribution >= 4 is 0 Å². The first-order valence-corrected chi connectivity index (χ1v) is 12.9. The van der Waals surface area contributed by atoms with Crippen molar-refractivity contribution in [3.63, 3.8) is 0 Å². The highest BCUT2D eigenvalue weighted by Gasteiger charge is 2.38. The molecule has 34 heavy (non-hydrogen) atoms. The van der Waals surface area contributed by atoms with E-state index in [2.05, 4.69) is 13.8 Å². The minimum absolute atomic E-state index is 0.115. The molecule has 0 aliphatic heterocycles. The van der Waals surface area contributed by atoms with E-state index >= 15 is 0 Å². The molecule has 0 N–H and O–H groups in total. The van der Waals surface area contributed by atoms with Crippen LogP contribution in [0.3, 0.4) is 0 Å². The van der Waals surface area contributed by atoms with E-state index in [1.165, 1.54) is 37.3 Å². The van der Waals surface area contributed by atoms with Crippen molar-refractivity contribution in [1.29, 1.82) is 0 Å². The topological polar surface area (TPSA) is 9.23 Å². The summed E-state index contributed by atoms with van der Waals surface area (Å²) >= 11 is 0. The number of benzene rings is 2. The van der Waals surface area contributed by atoms with E-state index in [0.717, 1.165) is 50.2 Å². The predicted molar refractivity (Wildman–Crippen MR) is 129 cm³/mol. The fourth-order valence-corrected chi connectivity index (χ4v) is 5.09. The Balaban J connectivity index is 1.57. The van der Waals surface area contributed by atoms with Gasteiger partial charge in [0.05, 0.1) is 12.2 Å². The van der Waals surface area contributed by atoms with Gasteiger partial charge in [-0.25, -0.2) is 8.78 Å². The van der Waals surface area contributed by atoms with Gasteiger partial charge in [-0.1, -0.05) is 76.3 Å². The van der Waals surface area contributed by atoms with Gasteiger partial charge in [0.25, 0.3) is 0 Å². The zero-order valence-corrected chi connectivity index (χ0v) is 20.5. The summed E-state index contributed by atoms with van der Waals surface area (Å²) in [7, 11) is 0. The standard InChI is InChI=1S/C29H38F4O/c1-3-5-6-8-22-13-15-24(16-14-22)25-17-18-26(28(31)27(25)30)29(32,33)34-20-19-23-11-9-21(7-4-2)10-12-23/h9-12,17-18,22,24H,3-8,13-16,19-20H2,1-2H3. The van der Waals surface area contributed by atoms with Crippen LogP contribution in [0.5, 0.6) is 0 Å². The summed E-state index contributed by atoms with van der Waals surface area (Å²) in [5.74, 6) is -2.12. The predicted octanol–water partition coefficient (Wildman–Crippen LogP) is 9.08. The molecule has 0 saturated heterocycles. The molecule has 1 saturated carbocycles. The summed E-state index contributed by atoms with van der Waals surface area (Å²) in [6.07, 6.45) is 6.71. The minimum atomic E-state index is -3.89. The number of unbranched alkanes of at least 4 members (excludes halogenated alkanes) is 2. The van der Waals surface area contributed by atoms with Crippen LogP contribution < -0.4 is 0 Å². The summed E-state index contributed by atoms with van der Waals surface area (Å²) in [6, 6.07) is 10.1. The van der Waals surface area contributed by atoms with Crippen LogP contribution in [-0.4, -0.2) is 6.61 Å². The van der Waals surface area contributed by atoms with Gasteiger partial charge >= 0.3 is 6.11 Å². The second-order valence-corrected chi connectivity index (χ2v) is 9.73. The Morgan fingerprint density at radius 1 is 0.794 bits per heavy atom. The van der Waals surface area contributed by atoms with Gasteiger partial charge in [-0.3, -0.25) is 0 Å². The largest absolute Gasteiger partial charge is 0.386 e. The molecule has 0 radical (unpaired) electrons. The molecule has 0 unspecified atom stereocenters. The maximum absolute atomic E-state index is 14.8. The van der Waals surface area contributed by atoms with E-state index in [0.29, 0.717) is 5.92 Å². The molecular weight excluding hydrogens is 440 g/mol. The monoisotopic (exact) mass is 478 g/mol. The van der Waals surface area contributed by atoms with E-state index in [9.17, 15) is 17.6 Å². The van der Waals surface area contributed by atoms with Gasteiger partial charge < -0.3 is 4.74 Å². The van der Waals surface area contributed by atoms with E-state index in [1.54, 1.807) is 0 Å². The van der Waals surface area contributed by atoms with Crippen LogP contribution in [-0.2, 0) is 23.7 Å². The van der Waals surface area contributed by atoms with Crippen molar-refractivity contribution < 1.29 is 22.3 Å². The SMILES string of the molecule is CCCCCC1CCC(c2ccc(C(F)(F)OCCc3ccc(CCC)cc3)c(F)c2F)CC1. The molecule has 0 aromatic heterocycles. The van der Waals surface area contributed by atoms with Crippen molar-refractivity contribution in [3.8, 4) is 0 Å². The van der Waals surface area contributed by atoms with Crippen molar-refractivity contribution in [2.75, 3.05) is 6.61 Å². The van der Waals surface area contributed by atoms with Crippen LogP contribution in [0.2, 0.25) is 0 Å². The molecule has 5 heteroatoms. The Labute approximate surface area is 201 Å². The first kappa shape index (κ1) is 26.7. The molecule has 1 fully saturated rings. The van der Waals surface area contributed by atoms with Gasteiger partial charge in [0, 0.05) is 0 Å². The molecule has 188 valence electrons. The van der Waals surface area contributed by atoms with E-state index in [1.807, 2.05) is 24.3 Å². The molecule has 0 amide bonds. The third kappa shape index (κ3) is 7.07. The highest BCUT2D eigenvalue weighted by molar-refractivity contribution is 5.31. The molecule has 1 aliphatic rings. The molecule has 2 aromatic carbocycles. The Morgan fingerprint density at radius 2 is 1.44 bits per heavy atom. The quantitative estimate of drug-likeness (QED) is 0.218. The Hall–Kier alpha value is -1.88. The average molecular weight is 479 g/mol. The maximum Gasteiger partial charge on any atom is 0.386 e. The van der Waals surface area contributed by atoms with E-state index in [4.69, 9.17) is 4.74 Å². The summed E-state index contributed by atoms with van der Waals surface area (Å²) in [5.41, 5.74) is 1.25. The van der Waals surface area contributed by atoms with Crippen LogP contribution in [0.4, 0.5) is 17.6 Å². The lowest BCUT2D eigenvalue weighted by molar-refractivity contribution is -0.249. The van der Waals surface area contributed by atoms with Crippen LogP contribution in [0.15, 0.2) is 36.4 Å². The number of alkyl halides is 2. The number of hydrogen-bond acceptors (Lipinski definition) is 1. The van der Waals surface area contributed by atoms with Gasteiger partial charge in [-0.05, 0) is 73.1 Å². The average Bonchev–Trinajstić information content (AvgIpc) is 2.82. The van der Waals surface area contributed by atoms with Crippen LogP contribution >= 0.6 is 0 Å². The van der Waals surface area contributed by atoms with Gasteiger partial charge in [0.2, 0.25) is 0 Å². The molecular formula is C29H38F4O. The lowest BCUT2D eigenvalue weighted by Crippen LogP contribution is -2.23. The highest BCUT2D eigenvalue weighted by atomic mass is 19.3. The molecule has 1 aliphatic carbocycles. The zero-order chi connectivity index (χ0) is 24.6. The number of hydrogen-bond donors (Lipinski definition) is 0. The van der Waals surface area contributed by atoms with Crippen molar-refractivity contribution in [1.82, 2.24) is 0 Å². The molecule has 0 bridgehead atoms. The molecule has 0 atom stereocenters. The third-order valence-electron chi connectivity index (χ3n) is 7.16. The number of ether oxygens (including phenoxy) is 1. The highest BCUT2D eigenvalue weighted by Crippen LogP contribution is 2.41. The van der Waals surface area contributed by atoms with Gasteiger partial charge in [-0.15, -0.1) is 0 Å². The first-order valence-electron chi connectivity index (χ1n) is 12.9. The fraction of sp³-hybridized carbons (Fsp3) is 0.586. The minimum Gasteiger partial charge on any atom is -0.316 e. The molecule has 3 rings (SSSR count). The fourth-order valence-electron chi connectivity index (χ4n) is 5.09. The van der Waals surface area contributed by atoms with Gasteiger partial charge in [0.15, 0.2) is 11.6 Å². The summed E-state index contributed by atoms with van der Waals surface area (Å²) in [6.45, 7) is 3.99. The Bertz CT molecular complexity index is 886. The zero-order valence-electron chi connectivity index (χ0n) is 20.5. The lowest BCUT2D eigenvalue weighted by atomic mass is 9.76. The Morgan fingerprint density at radius 3 is 2.06 bits per heavy atom. The molecule has 0 heterocycles. The van der Waals surface area contributed by atoms with E-state index in [-0.39, 0.29) is 24.5 Å². The van der Waals surface area contributed by atoms with Crippen molar-refractivity contribution in [3.05, 3.63) is 70.3 Å². The summed E-state index contributed by atoms with van der Waals surface area (Å²) < 4.78 is 63.5. The molecule has 0 spiro atoms. The van der Waals surface area contributed by atoms with Crippen molar-refractivity contribution in [2.24, 2.45) is 5.92 Å². The van der Waals surface area contributed by atoms with Crippen LogP contribution in [0, 0.1) is 17.6 Å². The lowest BCUT2D eigenvalue weighted by Gasteiger charge is -2.29. The number of halogens is 4. The molecule has 1 nitrogen and oxygen atoms in total. The van der Waals surface area contributed by atoms with Gasteiger partial charge in [0.1, 0.15) is 0 Å². The second-order valence-electron chi connectivity index (χ2n) is 9.73. The number of aryl methyl sites for hydroxylation is 1. The maximum atomic E-state index is 14.8. The molecule has 2 aromatic rings. The van der Waals surface area contributed by atoms with E-state index < -0.39 is 23.3 Å².